The van der Waals surface area contributed by atoms with Crippen molar-refractivity contribution in [2.24, 2.45) is 10.8 Å². The van der Waals surface area contributed by atoms with E-state index in [0.29, 0.717) is 51.2 Å². The molecule has 180 valence electrons. The molecule has 4 saturated heterocycles. The van der Waals surface area contributed by atoms with Crippen LogP contribution in [0.1, 0.15) is 62.7 Å². The summed E-state index contributed by atoms with van der Waals surface area (Å²) in [6, 6.07) is 0.557. The fourth-order valence-electron chi connectivity index (χ4n) is 6.70. The van der Waals surface area contributed by atoms with Crippen LogP contribution in [0.5, 0.6) is 0 Å². The second kappa shape index (κ2) is 6.91. The first-order valence-corrected chi connectivity index (χ1v) is 13.9. The number of amides is 2. The Kier molecular flexibility index (Phi) is 4.32. The van der Waals surface area contributed by atoms with Crippen molar-refractivity contribution in [3.63, 3.8) is 0 Å². The van der Waals surface area contributed by atoms with E-state index in [1.54, 1.807) is 8.61 Å². The maximum Gasteiger partial charge on any atom is 0.320 e. The summed E-state index contributed by atoms with van der Waals surface area (Å²) in [6.07, 6.45) is 9.53. The molecule has 0 atom stereocenters. The van der Waals surface area contributed by atoms with Gasteiger partial charge in [0, 0.05) is 69.1 Å². The van der Waals surface area contributed by atoms with Gasteiger partial charge in [-0.1, -0.05) is 6.42 Å². The van der Waals surface area contributed by atoms with Crippen LogP contribution in [0.3, 0.4) is 0 Å². The summed E-state index contributed by atoms with van der Waals surface area (Å²) in [5.41, 5.74) is 0.249. The molecule has 10 nitrogen and oxygen atoms in total. The van der Waals surface area contributed by atoms with Crippen molar-refractivity contribution in [3.8, 4) is 0 Å². The monoisotopic (exact) mass is 475 g/mol. The summed E-state index contributed by atoms with van der Waals surface area (Å²) in [6.45, 7) is 5.46. The summed E-state index contributed by atoms with van der Waals surface area (Å²) in [5.74, 6) is 1.59. The lowest BCUT2D eigenvalue weighted by Gasteiger charge is -2.63. The summed E-state index contributed by atoms with van der Waals surface area (Å²) in [4.78, 5) is 21.3. The van der Waals surface area contributed by atoms with Crippen LogP contribution in [0, 0.1) is 10.8 Å². The van der Waals surface area contributed by atoms with E-state index in [1.165, 1.54) is 12.8 Å². The quantitative estimate of drug-likeness (QED) is 0.654. The maximum absolute atomic E-state index is 12.9. The number of carbonyl (C=O) groups excluding carboxylic acids is 1. The highest BCUT2D eigenvalue weighted by molar-refractivity contribution is 7.86. The minimum atomic E-state index is -3.32. The molecule has 5 heterocycles. The number of likely N-dealkylation sites (tertiary alicyclic amines) is 2. The topological polar surface area (TPSA) is 94.9 Å². The molecule has 33 heavy (non-hydrogen) atoms. The van der Waals surface area contributed by atoms with Gasteiger partial charge in [-0.15, -0.1) is 0 Å². The van der Waals surface area contributed by atoms with Crippen LogP contribution in [0.15, 0.2) is 6.33 Å². The van der Waals surface area contributed by atoms with Gasteiger partial charge in [-0.2, -0.15) is 22.1 Å². The van der Waals surface area contributed by atoms with Crippen molar-refractivity contribution in [1.82, 2.24) is 33.2 Å². The Bertz CT molecular complexity index is 1050. The zero-order valence-corrected chi connectivity index (χ0v) is 19.9. The van der Waals surface area contributed by atoms with Crippen molar-refractivity contribution in [2.75, 3.05) is 52.4 Å². The molecule has 7 rings (SSSR count). The Morgan fingerprint density at radius 1 is 0.879 bits per heavy atom. The first-order chi connectivity index (χ1) is 15.8. The van der Waals surface area contributed by atoms with Crippen molar-refractivity contribution in [3.05, 3.63) is 12.2 Å². The van der Waals surface area contributed by atoms with E-state index >= 15 is 0 Å². The van der Waals surface area contributed by atoms with Crippen molar-refractivity contribution in [1.29, 1.82) is 0 Å². The maximum atomic E-state index is 12.9. The van der Waals surface area contributed by atoms with E-state index in [-0.39, 0.29) is 16.9 Å². The van der Waals surface area contributed by atoms with Gasteiger partial charge in [-0.3, -0.25) is 0 Å². The van der Waals surface area contributed by atoms with Crippen LogP contribution in [0.4, 0.5) is 4.79 Å². The van der Waals surface area contributed by atoms with Crippen molar-refractivity contribution >= 4 is 16.2 Å². The number of rotatable bonds is 4. The molecule has 11 heteroatoms. The second-order valence-corrected chi connectivity index (χ2v) is 13.6. The molecule has 6 aliphatic rings. The second-order valence-electron chi connectivity index (χ2n) is 11.6. The first-order valence-electron chi connectivity index (χ1n) is 12.6. The largest absolute Gasteiger partial charge is 0.323 e. The van der Waals surface area contributed by atoms with Gasteiger partial charge in [0.15, 0.2) is 5.82 Å². The lowest BCUT2D eigenvalue weighted by Crippen LogP contribution is -2.76. The van der Waals surface area contributed by atoms with E-state index in [4.69, 9.17) is 0 Å². The fraction of sp³-hybridized carbons (Fsp3) is 0.864. The van der Waals surface area contributed by atoms with Crippen LogP contribution in [-0.4, -0.2) is 100.0 Å². The third kappa shape index (κ3) is 3.25. The third-order valence-electron chi connectivity index (χ3n) is 8.82. The molecule has 4 aliphatic heterocycles. The highest BCUT2D eigenvalue weighted by atomic mass is 32.2. The van der Waals surface area contributed by atoms with Crippen molar-refractivity contribution < 1.29 is 13.2 Å². The summed E-state index contributed by atoms with van der Waals surface area (Å²) < 4.78 is 30.9. The van der Waals surface area contributed by atoms with Gasteiger partial charge in [0.1, 0.15) is 6.33 Å². The molecule has 2 saturated carbocycles. The average molecular weight is 476 g/mol. The molecular formula is C22H33N7O3S. The Hall–Kier alpha value is -1.72. The molecule has 0 radical (unpaired) electrons. The van der Waals surface area contributed by atoms with Gasteiger partial charge in [-0.05, 0) is 38.5 Å². The Balaban J connectivity index is 0.868. The van der Waals surface area contributed by atoms with E-state index in [9.17, 15) is 13.2 Å². The van der Waals surface area contributed by atoms with Crippen molar-refractivity contribution in [2.45, 2.75) is 56.9 Å². The van der Waals surface area contributed by atoms with Crippen LogP contribution < -0.4 is 0 Å². The van der Waals surface area contributed by atoms with Gasteiger partial charge < -0.3 is 9.80 Å². The Labute approximate surface area is 195 Å². The van der Waals surface area contributed by atoms with Gasteiger partial charge in [-0.25, -0.2) is 14.5 Å². The lowest BCUT2D eigenvalue weighted by atomic mass is 9.60. The van der Waals surface area contributed by atoms with E-state index in [2.05, 4.69) is 10.1 Å². The van der Waals surface area contributed by atoms with Crippen LogP contribution >= 0.6 is 0 Å². The smallest absolute Gasteiger partial charge is 0.320 e. The van der Waals surface area contributed by atoms with Gasteiger partial charge in [0.05, 0.1) is 6.04 Å². The Morgan fingerprint density at radius 3 is 2.15 bits per heavy atom. The summed E-state index contributed by atoms with van der Waals surface area (Å²) in [7, 11) is -3.32. The van der Waals surface area contributed by atoms with Crippen LogP contribution in [0.2, 0.25) is 0 Å². The SMILES string of the molecule is O=C(N1CC2(CC(n3cnc(C4CC4)n3)C2)C1)N1CC2(C1)CN(S(=O)(=O)N1CCCCC1)C2. The molecule has 6 fully saturated rings. The average Bonchev–Trinajstić information content (AvgIpc) is 3.42. The highest BCUT2D eigenvalue weighted by Gasteiger charge is 2.60. The molecule has 1 aromatic heterocycles. The number of urea groups is 1. The fourth-order valence-corrected chi connectivity index (χ4v) is 8.62. The predicted molar refractivity (Wildman–Crippen MR) is 120 cm³/mol. The van der Waals surface area contributed by atoms with E-state index < -0.39 is 10.2 Å². The minimum Gasteiger partial charge on any atom is -0.323 e. The molecule has 2 spiro atoms. The molecule has 0 aromatic carbocycles. The molecule has 1 aromatic rings. The lowest BCUT2D eigenvalue weighted by molar-refractivity contribution is -0.101. The highest BCUT2D eigenvalue weighted by Crippen LogP contribution is 2.54. The number of piperidine rings is 1. The van der Waals surface area contributed by atoms with Gasteiger partial charge >= 0.3 is 6.03 Å². The summed E-state index contributed by atoms with van der Waals surface area (Å²) >= 11 is 0. The zero-order valence-electron chi connectivity index (χ0n) is 19.1. The standard InChI is InChI=1S/C22H33N7O3S/c30-20(25-10-21(11-25)8-18(9-21)29-16-23-19(24-29)17-4-5-17)26-12-22(13-26)14-28(15-22)33(31,32)27-6-2-1-3-7-27/h16-18H,1-15H2. The van der Waals surface area contributed by atoms with E-state index in [0.717, 1.165) is 51.0 Å². The minimum absolute atomic E-state index is 0.0189. The molecular weight excluding hydrogens is 442 g/mol. The van der Waals surface area contributed by atoms with Gasteiger partial charge in [0.2, 0.25) is 0 Å². The number of carbonyl (C=O) groups is 1. The number of nitrogens with zero attached hydrogens (tertiary/aromatic N) is 7. The van der Waals surface area contributed by atoms with E-state index in [1.807, 2.05) is 20.8 Å². The van der Waals surface area contributed by atoms with Crippen LogP contribution in [-0.2, 0) is 10.2 Å². The molecule has 0 unspecified atom stereocenters. The predicted octanol–water partition coefficient (Wildman–Crippen LogP) is 1.26. The normalized spacial score (nSPS) is 29.5. The number of hydrogen-bond donors (Lipinski definition) is 0. The number of aromatic nitrogens is 3. The third-order valence-corrected chi connectivity index (χ3v) is 10.7. The zero-order chi connectivity index (χ0) is 22.4. The Morgan fingerprint density at radius 2 is 1.52 bits per heavy atom. The molecule has 2 amide bonds. The molecule has 0 N–H and O–H groups in total. The molecule has 0 bridgehead atoms. The number of hydrogen-bond acceptors (Lipinski definition) is 5. The first kappa shape index (κ1) is 20.6. The summed E-state index contributed by atoms with van der Waals surface area (Å²) in [5, 5.41) is 4.67. The van der Waals surface area contributed by atoms with Gasteiger partial charge in [0.25, 0.3) is 10.2 Å². The van der Waals surface area contributed by atoms with Crippen LogP contribution in [0.25, 0.3) is 0 Å². The molecule has 2 aliphatic carbocycles.